The van der Waals surface area contributed by atoms with E-state index in [2.05, 4.69) is 11.9 Å². The molecule has 7 heteroatoms. The third-order valence-electron chi connectivity index (χ3n) is 5.03. The van der Waals surface area contributed by atoms with Crippen molar-refractivity contribution < 1.29 is 14.7 Å². The summed E-state index contributed by atoms with van der Waals surface area (Å²) in [5, 5.41) is 9.22. The van der Waals surface area contributed by atoms with Gasteiger partial charge in [0.25, 0.3) is 0 Å². The molecule has 2 amide bonds. The zero-order valence-corrected chi connectivity index (χ0v) is 13.2. The number of piperidine rings is 2. The molecule has 3 atom stereocenters. The maximum Gasteiger partial charge on any atom is 0.327 e. The first-order valence-corrected chi connectivity index (χ1v) is 8.79. The summed E-state index contributed by atoms with van der Waals surface area (Å²) < 4.78 is 0. The van der Waals surface area contributed by atoms with E-state index in [1.807, 2.05) is 4.90 Å². The minimum Gasteiger partial charge on any atom is -0.480 e. The Kier molecular flexibility index (Phi) is 4.31. The fourth-order valence-corrected chi connectivity index (χ4v) is 4.98. The molecule has 3 saturated heterocycles. The number of carbonyl (C=O) groups is 2. The molecule has 3 aliphatic rings. The van der Waals surface area contributed by atoms with Crippen molar-refractivity contribution in [3.63, 3.8) is 0 Å². The predicted octanol–water partition coefficient (Wildman–Crippen LogP) is 0.982. The molecule has 3 heterocycles. The number of likely N-dealkylation sites (tertiary alicyclic amines) is 2. The highest BCUT2D eigenvalue weighted by molar-refractivity contribution is 7.99. The van der Waals surface area contributed by atoms with Crippen LogP contribution in [0.15, 0.2) is 0 Å². The van der Waals surface area contributed by atoms with Crippen LogP contribution >= 0.6 is 11.8 Å². The maximum atomic E-state index is 12.6. The zero-order valence-electron chi connectivity index (χ0n) is 12.4. The van der Waals surface area contributed by atoms with Gasteiger partial charge >= 0.3 is 12.0 Å². The second-order valence-electron chi connectivity index (χ2n) is 6.29. The Balaban J connectivity index is 1.65. The number of aliphatic carboxylic acids is 1. The fraction of sp³-hybridized carbons (Fsp3) is 0.857. The molecule has 118 valence electrons. The van der Waals surface area contributed by atoms with Gasteiger partial charge in [0.1, 0.15) is 6.04 Å². The monoisotopic (exact) mass is 313 g/mol. The smallest absolute Gasteiger partial charge is 0.327 e. The molecule has 0 saturated carbocycles. The summed E-state index contributed by atoms with van der Waals surface area (Å²) in [4.78, 5) is 29.7. The molecule has 0 aliphatic carbocycles. The van der Waals surface area contributed by atoms with Gasteiger partial charge in [0, 0.05) is 24.9 Å². The molecule has 0 aromatic heterocycles. The van der Waals surface area contributed by atoms with E-state index in [-0.39, 0.29) is 6.03 Å². The fourth-order valence-electron chi connectivity index (χ4n) is 3.84. The molecule has 0 radical (unpaired) electrons. The number of hydrogen-bond acceptors (Lipinski definition) is 4. The van der Waals surface area contributed by atoms with Gasteiger partial charge in [0.15, 0.2) is 0 Å². The average molecular weight is 313 g/mol. The third kappa shape index (κ3) is 2.85. The number of fused-ring (bicyclic) bond motifs is 1. The molecule has 0 spiro atoms. The maximum absolute atomic E-state index is 12.6. The normalized spacial score (nSPS) is 33.9. The quantitative estimate of drug-likeness (QED) is 0.782. The van der Waals surface area contributed by atoms with Crippen LogP contribution in [0.25, 0.3) is 0 Å². The van der Waals surface area contributed by atoms with Crippen LogP contribution in [0.4, 0.5) is 4.79 Å². The molecule has 3 rings (SSSR count). The lowest BCUT2D eigenvalue weighted by Crippen LogP contribution is -2.57. The highest BCUT2D eigenvalue weighted by atomic mass is 32.2. The number of rotatable bonds is 1. The lowest BCUT2D eigenvalue weighted by molar-refractivity contribution is -0.141. The number of thioether (sulfide) groups is 1. The second kappa shape index (κ2) is 6.04. The number of carboxylic acid groups (broad SMARTS) is 1. The Labute approximate surface area is 129 Å². The third-order valence-corrected chi connectivity index (χ3v) is 6.04. The van der Waals surface area contributed by atoms with Crippen molar-refractivity contribution in [2.24, 2.45) is 5.92 Å². The van der Waals surface area contributed by atoms with Gasteiger partial charge in [-0.05, 0) is 38.8 Å². The van der Waals surface area contributed by atoms with Crippen LogP contribution in [0.2, 0.25) is 0 Å². The minimum absolute atomic E-state index is 0.0842. The van der Waals surface area contributed by atoms with E-state index >= 15 is 0 Å². The summed E-state index contributed by atoms with van der Waals surface area (Å²) in [5.41, 5.74) is 0. The number of hydrogen-bond donors (Lipinski definition) is 1. The van der Waals surface area contributed by atoms with Gasteiger partial charge in [-0.1, -0.05) is 0 Å². The van der Waals surface area contributed by atoms with E-state index in [1.54, 1.807) is 0 Å². The summed E-state index contributed by atoms with van der Waals surface area (Å²) in [6.07, 6.45) is 3.37. The Hall–Kier alpha value is -0.950. The lowest BCUT2D eigenvalue weighted by Gasteiger charge is -2.46. The van der Waals surface area contributed by atoms with E-state index in [9.17, 15) is 14.7 Å². The molecule has 3 fully saturated rings. The van der Waals surface area contributed by atoms with E-state index in [0.29, 0.717) is 23.6 Å². The summed E-state index contributed by atoms with van der Waals surface area (Å²) in [7, 11) is 2.17. The minimum atomic E-state index is -0.888. The Morgan fingerprint density at radius 3 is 2.81 bits per heavy atom. The Bertz CT molecular complexity index is 434. The highest BCUT2D eigenvalue weighted by Crippen LogP contribution is 2.31. The van der Waals surface area contributed by atoms with Crippen LogP contribution in [0.3, 0.4) is 0 Å². The first kappa shape index (κ1) is 15.0. The lowest BCUT2D eigenvalue weighted by atomic mass is 9.84. The molecule has 3 aliphatic heterocycles. The molecular weight excluding hydrogens is 290 g/mol. The molecule has 21 heavy (non-hydrogen) atoms. The van der Waals surface area contributed by atoms with Gasteiger partial charge in [-0.15, -0.1) is 11.8 Å². The van der Waals surface area contributed by atoms with Crippen LogP contribution in [0.1, 0.15) is 19.3 Å². The molecule has 0 bridgehead atoms. The van der Waals surface area contributed by atoms with Crippen LogP contribution in [0.5, 0.6) is 0 Å². The topological polar surface area (TPSA) is 64.1 Å². The molecule has 0 aromatic rings. The van der Waals surface area contributed by atoms with Gasteiger partial charge in [0.2, 0.25) is 0 Å². The first-order valence-electron chi connectivity index (χ1n) is 7.64. The number of nitrogens with zero attached hydrogens (tertiary/aromatic N) is 3. The number of amides is 2. The Morgan fingerprint density at radius 2 is 2.05 bits per heavy atom. The van der Waals surface area contributed by atoms with Gasteiger partial charge in [0.05, 0.1) is 5.88 Å². The van der Waals surface area contributed by atoms with Gasteiger partial charge in [-0.3, -0.25) is 0 Å². The number of urea groups is 1. The van der Waals surface area contributed by atoms with Crippen molar-refractivity contribution in [2.75, 3.05) is 38.3 Å². The van der Waals surface area contributed by atoms with E-state index in [0.717, 1.165) is 26.1 Å². The van der Waals surface area contributed by atoms with Crippen LogP contribution < -0.4 is 0 Å². The number of carboxylic acids is 1. The van der Waals surface area contributed by atoms with Crippen molar-refractivity contribution in [1.82, 2.24) is 14.7 Å². The van der Waals surface area contributed by atoms with Crippen molar-refractivity contribution in [3.05, 3.63) is 0 Å². The SMILES string of the molecule is CN1CCCC2CN(C(=O)N3CSCC3C(=O)O)CCC21. The second-order valence-corrected chi connectivity index (χ2v) is 7.29. The number of carbonyl (C=O) groups excluding carboxylic acids is 1. The van der Waals surface area contributed by atoms with Crippen molar-refractivity contribution >= 4 is 23.8 Å². The largest absolute Gasteiger partial charge is 0.480 e. The zero-order chi connectivity index (χ0) is 15.0. The molecule has 6 nitrogen and oxygen atoms in total. The van der Waals surface area contributed by atoms with Crippen molar-refractivity contribution in [1.29, 1.82) is 0 Å². The summed E-state index contributed by atoms with van der Waals surface area (Å²) >= 11 is 1.52. The standard InChI is InChI=1S/C14H23N3O3S/c1-15-5-2-3-10-7-16(6-4-11(10)15)14(20)17-9-21-8-12(17)13(18)19/h10-12H,2-9H2,1H3,(H,18,19). The van der Waals surface area contributed by atoms with E-state index < -0.39 is 12.0 Å². The van der Waals surface area contributed by atoms with Gasteiger partial charge in [-0.25, -0.2) is 9.59 Å². The summed E-state index contributed by atoms with van der Waals surface area (Å²) in [6, 6.07) is -0.153. The molecule has 0 aromatic carbocycles. The molecular formula is C14H23N3O3S. The summed E-state index contributed by atoms with van der Waals surface area (Å²) in [5.74, 6) is 0.657. The highest BCUT2D eigenvalue weighted by Gasteiger charge is 2.41. The first-order chi connectivity index (χ1) is 10.1. The van der Waals surface area contributed by atoms with Crippen LogP contribution in [-0.4, -0.2) is 82.2 Å². The predicted molar refractivity (Wildman–Crippen MR) is 81.3 cm³/mol. The average Bonchev–Trinajstić information content (AvgIpc) is 2.96. The van der Waals surface area contributed by atoms with Crippen molar-refractivity contribution in [2.45, 2.75) is 31.3 Å². The summed E-state index contributed by atoms with van der Waals surface area (Å²) in [6.45, 7) is 2.68. The molecule has 1 N–H and O–H groups in total. The van der Waals surface area contributed by atoms with Gasteiger partial charge in [-0.2, -0.15) is 0 Å². The van der Waals surface area contributed by atoms with E-state index in [4.69, 9.17) is 0 Å². The van der Waals surface area contributed by atoms with Gasteiger partial charge < -0.3 is 19.8 Å². The van der Waals surface area contributed by atoms with Crippen LogP contribution in [-0.2, 0) is 4.79 Å². The van der Waals surface area contributed by atoms with Crippen LogP contribution in [0, 0.1) is 5.92 Å². The molecule has 3 unspecified atom stereocenters. The Morgan fingerprint density at radius 1 is 1.24 bits per heavy atom. The van der Waals surface area contributed by atoms with E-state index in [1.165, 1.54) is 29.5 Å². The van der Waals surface area contributed by atoms with Crippen molar-refractivity contribution in [3.8, 4) is 0 Å².